The lowest BCUT2D eigenvalue weighted by Crippen LogP contribution is -2.28. The summed E-state index contributed by atoms with van der Waals surface area (Å²) in [6.45, 7) is 0.212. The maximum Gasteiger partial charge on any atom is 0.271 e. The van der Waals surface area contributed by atoms with Gasteiger partial charge in [0.25, 0.3) is 5.69 Å². The van der Waals surface area contributed by atoms with E-state index in [0.29, 0.717) is 11.4 Å². The van der Waals surface area contributed by atoms with Crippen molar-refractivity contribution in [2.24, 2.45) is 5.92 Å². The van der Waals surface area contributed by atoms with Crippen molar-refractivity contribution in [3.8, 4) is 5.75 Å². The molecule has 1 N–H and O–H groups in total. The van der Waals surface area contributed by atoms with Crippen molar-refractivity contribution < 1.29 is 19.2 Å². The molecule has 27 heavy (non-hydrogen) atoms. The number of nitrogens with one attached hydrogen (secondary N) is 1. The highest BCUT2D eigenvalue weighted by molar-refractivity contribution is 6.33. The van der Waals surface area contributed by atoms with Crippen molar-refractivity contribution in [1.82, 2.24) is 0 Å². The van der Waals surface area contributed by atoms with Gasteiger partial charge in [-0.25, -0.2) is 0 Å². The fraction of sp³-hybridized carbons (Fsp3) is 0.222. The number of nitrogens with zero attached hydrogens (tertiary/aromatic N) is 2. The number of hydrogen-bond donors (Lipinski definition) is 1. The minimum Gasteiger partial charge on any atom is -0.497 e. The van der Waals surface area contributed by atoms with Gasteiger partial charge >= 0.3 is 0 Å². The monoisotopic (exact) mass is 389 g/mol. The zero-order chi connectivity index (χ0) is 19.6. The number of methoxy groups -OCH3 is 1. The number of halogens is 1. The van der Waals surface area contributed by atoms with Crippen molar-refractivity contribution in [1.29, 1.82) is 0 Å². The summed E-state index contributed by atoms with van der Waals surface area (Å²) in [5, 5.41) is 13.7. The van der Waals surface area contributed by atoms with Gasteiger partial charge in [-0.05, 0) is 30.3 Å². The first-order chi connectivity index (χ1) is 12.9. The molecule has 1 aliphatic heterocycles. The Balaban J connectivity index is 1.72. The molecule has 0 aromatic heterocycles. The normalized spacial score (nSPS) is 16.3. The summed E-state index contributed by atoms with van der Waals surface area (Å²) in [4.78, 5) is 36.7. The predicted molar refractivity (Wildman–Crippen MR) is 100 cm³/mol. The molecule has 0 radical (unpaired) electrons. The molecule has 0 bridgehead atoms. The van der Waals surface area contributed by atoms with Crippen LogP contribution in [-0.4, -0.2) is 30.4 Å². The molecular formula is C18H16ClN3O5. The molecule has 0 saturated carbocycles. The smallest absolute Gasteiger partial charge is 0.271 e. The topological polar surface area (TPSA) is 102 Å². The third kappa shape index (κ3) is 4.01. The van der Waals surface area contributed by atoms with E-state index in [1.165, 1.54) is 23.1 Å². The van der Waals surface area contributed by atoms with Gasteiger partial charge in [0.05, 0.1) is 28.7 Å². The molecule has 0 aliphatic carbocycles. The standard InChI is InChI=1S/C18H16ClN3O5/c1-27-14-5-2-12(3-6-14)21-10-11(8-17(21)23)18(24)20-16-9-13(22(25)26)4-7-15(16)19/h2-7,9,11H,8,10H2,1H3,(H,20,24). The first kappa shape index (κ1) is 18.7. The third-order valence-electron chi connectivity index (χ3n) is 4.30. The average Bonchev–Trinajstić information content (AvgIpc) is 3.05. The van der Waals surface area contributed by atoms with Gasteiger partial charge in [0.15, 0.2) is 0 Å². The summed E-state index contributed by atoms with van der Waals surface area (Å²) in [6, 6.07) is 10.8. The second-order valence-electron chi connectivity index (χ2n) is 6.01. The van der Waals surface area contributed by atoms with E-state index in [1.54, 1.807) is 31.4 Å². The van der Waals surface area contributed by atoms with Gasteiger partial charge < -0.3 is 15.0 Å². The number of anilines is 2. The quantitative estimate of drug-likeness (QED) is 0.624. The highest BCUT2D eigenvalue weighted by atomic mass is 35.5. The van der Waals surface area contributed by atoms with Crippen LogP contribution in [0.1, 0.15) is 6.42 Å². The maximum atomic E-state index is 12.5. The Morgan fingerprint density at radius 2 is 2.00 bits per heavy atom. The highest BCUT2D eigenvalue weighted by Gasteiger charge is 2.35. The summed E-state index contributed by atoms with van der Waals surface area (Å²) in [5.74, 6) is -0.512. The number of nitro benzene ring substituents is 1. The SMILES string of the molecule is COc1ccc(N2CC(C(=O)Nc3cc([N+](=O)[O-])ccc3Cl)CC2=O)cc1. The van der Waals surface area contributed by atoms with Gasteiger partial charge in [0.1, 0.15) is 5.75 Å². The molecule has 3 rings (SSSR count). The van der Waals surface area contributed by atoms with Crippen LogP contribution in [0, 0.1) is 16.0 Å². The predicted octanol–water partition coefficient (Wildman–Crippen LogP) is 3.25. The van der Waals surface area contributed by atoms with Crippen molar-refractivity contribution in [3.63, 3.8) is 0 Å². The molecule has 1 heterocycles. The molecular weight excluding hydrogens is 374 g/mol. The van der Waals surface area contributed by atoms with Gasteiger partial charge in [-0.3, -0.25) is 19.7 Å². The van der Waals surface area contributed by atoms with E-state index in [2.05, 4.69) is 5.32 Å². The van der Waals surface area contributed by atoms with Crippen LogP contribution in [0.4, 0.5) is 17.1 Å². The molecule has 140 valence electrons. The van der Waals surface area contributed by atoms with E-state index < -0.39 is 16.7 Å². The highest BCUT2D eigenvalue weighted by Crippen LogP contribution is 2.30. The van der Waals surface area contributed by atoms with Gasteiger partial charge in [-0.2, -0.15) is 0 Å². The van der Waals surface area contributed by atoms with Crippen molar-refractivity contribution in [3.05, 3.63) is 57.6 Å². The Kier molecular flexibility index (Phi) is 5.27. The molecule has 2 amide bonds. The molecule has 1 saturated heterocycles. The minimum absolute atomic E-state index is 0.0460. The van der Waals surface area contributed by atoms with Crippen LogP contribution in [0.25, 0.3) is 0 Å². The molecule has 1 fully saturated rings. The fourth-order valence-corrected chi connectivity index (χ4v) is 3.02. The van der Waals surface area contributed by atoms with Gasteiger partial charge in [-0.1, -0.05) is 11.6 Å². The van der Waals surface area contributed by atoms with Gasteiger partial charge in [-0.15, -0.1) is 0 Å². The zero-order valence-corrected chi connectivity index (χ0v) is 15.1. The van der Waals surface area contributed by atoms with Gasteiger partial charge in [0, 0.05) is 30.8 Å². The Labute approximate surface area is 159 Å². The molecule has 1 unspecified atom stereocenters. The number of ether oxygens (including phenoxy) is 1. The van der Waals surface area contributed by atoms with Crippen LogP contribution in [0.3, 0.4) is 0 Å². The molecule has 9 heteroatoms. The molecule has 2 aromatic carbocycles. The average molecular weight is 390 g/mol. The first-order valence-electron chi connectivity index (χ1n) is 8.08. The second-order valence-corrected chi connectivity index (χ2v) is 6.42. The fourth-order valence-electron chi connectivity index (χ4n) is 2.85. The lowest BCUT2D eigenvalue weighted by molar-refractivity contribution is -0.384. The third-order valence-corrected chi connectivity index (χ3v) is 4.63. The first-order valence-corrected chi connectivity index (χ1v) is 8.46. The van der Waals surface area contributed by atoms with Crippen molar-refractivity contribution in [2.45, 2.75) is 6.42 Å². The molecule has 0 spiro atoms. The van der Waals surface area contributed by atoms with E-state index in [-0.39, 0.29) is 35.3 Å². The van der Waals surface area contributed by atoms with E-state index in [1.807, 2.05) is 0 Å². The minimum atomic E-state index is -0.588. The number of nitro groups is 1. The summed E-state index contributed by atoms with van der Waals surface area (Å²) in [5.41, 5.74) is 0.632. The Hall–Kier alpha value is -3.13. The Morgan fingerprint density at radius 1 is 1.30 bits per heavy atom. The summed E-state index contributed by atoms with van der Waals surface area (Å²) >= 11 is 6.01. The number of carbonyl (C=O) groups excluding carboxylic acids is 2. The number of benzene rings is 2. The number of rotatable bonds is 5. The maximum absolute atomic E-state index is 12.5. The number of hydrogen-bond acceptors (Lipinski definition) is 5. The van der Waals surface area contributed by atoms with E-state index in [4.69, 9.17) is 16.3 Å². The van der Waals surface area contributed by atoms with Crippen molar-refractivity contribution >= 4 is 40.5 Å². The Bertz CT molecular complexity index is 900. The van der Waals surface area contributed by atoms with Crippen LogP contribution >= 0.6 is 11.6 Å². The van der Waals surface area contributed by atoms with Crippen LogP contribution in [0.2, 0.25) is 5.02 Å². The van der Waals surface area contributed by atoms with Crippen LogP contribution in [-0.2, 0) is 9.59 Å². The van der Waals surface area contributed by atoms with Gasteiger partial charge in [0.2, 0.25) is 11.8 Å². The number of amides is 2. The van der Waals surface area contributed by atoms with E-state index in [0.717, 1.165) is 0 Å². The van der Waals surface area contributed by atoms with Crippen LogP contribution in [0.5, 0.6) is 5.75 Å². The van der Waals surface area contributed by atoms with Crippen LogP contribution < -0.4 is 15.0 Å². The van der Waals surface area contributed by atoms with Crippen LogP contribution in [0.15, 0.2) is 42.5 Å². The van der Waals surface area contributed by atoms with E-state index >= 15 is 0 Å². The lowest BCUT2D eigenvalue weighted by atomic mass is 10.1. The molecule has 1 aliphatic rings. The summed E-state index contributed by atoms with van der Waals surface area (Å²) in [6.07, 6.45) is 0.0460. The van der Waals surface area contributed by atoms with E-state index in [9.17, 15) is 19.7 Å². The molecule has 1 atom stereocenters. The molecule has 8 nitrogen and oxygen atoms in total. The zero-order valence-electron chi connectivity index (χ0n) is 14.3. The lowest BCUT2D eigenvalue weighted by Gasteiger charge is -2.17. The number of carbonyl (C=O) groups is 2. The Morgan fingerprint density at radius 3 is 2.63 bits per heavy atom. The molecule has 2 aromatic rings. The summed E-state index contributed by atoms with van der Waals surface area (Å²) < 4.78 is 5.09. The number of non-ortho nitro benzene ring substituents is 1. The summed E-state index contributed by atoms with van der Waals surface area (Å²) in [7, 11) is 1.55. The second kappa shape index (κ2) is 7.63. The van der Waals surface area contributed by atoms with Crippen molar-refractivity contribution in [2.75, 3.05) is 23.9 Å². The largest absolute Gasteiger partial charge is 0.497 e.